The predicted molar refractivity (Wildman–Crippen MR) is 84.2 cm³/mol. The summed E-state index contributed by atoms with van der Waals surface area (Å²) >= 11 is 0. The zero-order valence-electron chi connectivity index (χ0n) is 12.9. The lowest BCUT2D eigenvalue weighted by Crippen LogP contribution is -2.36. The Morgan fingerprint density at radius 2 is 2.22 bits per heavy atom. The van der Waals surface area contributed by atoms with Gasteiger partial charge in [-0.3, -0.25) is 0 Å². The molecule has 1 fully saturated rings. The molecule has 7 nitrogen and oxygen atoms in total. The predicted octanol–water partition coefficient (Wildman–Crippen LogP) is 2.36. The molecule has 1 saturated carbocycles. The number of para-hydroxylation sites is 1. The second-order valence-corrected chi connectivity index (χ2v) is 6.11. The third-order valence-electron chi connectivity index (χ3n) is 4.78. The van der Waals surface area contributed by atoms with E-state index in [9.17, 15) is 4.79 Å². The SMILES string of the molecule is COCCC1(c2noc(-c3cccc4[nH]c(=O)[nH]c34)n2)CCC1. The van der Waals surface area contributed by atoms with Gasteiger partial charge in [0.2, 0.25) is 0 Å². The van der Waals surface area contributed by atoms with Crippen molar-refractivity contribution in [3.63, 3.8) is 0 Å². The number of hydrogen-bond donors (Lipinski definition) is 2. The van der Waals surface area contributed by atoms with Gasteiger partial charge in [-0.1, -0.05) is 17.6 Å². The number of methoxy groups -OCH3 is 1. The van der Waals surface area contributed by atoms with Crippen LogP contribution >= 0.6 is 0 Å². The number of ether oxygens (including phenoxy) is 1. The van der Waals surface area contributed by atoms with E-state index in [4.69, 9.17) is 9.26 Å². The van der Waals surface area contributed by atoms with Crippen molar-refractivity contribution in [3.8, 4) is 11.5 Å². The lowest BCUT2D eigenvalue weighted by atomic mass is 9.66. The lowest BCUT2D eigenvalue weighted by Gasteiger charge is -2.38. The van der Waals surface area contributed by atoms with Crippen LogP contribution < -0.4 is 5.69 Å². The molecular weight excluding hydrogens is 296 g/mol. The summed E-state index contributed by atoms with van der Waals surface area (Å²) in [6.07, 6.45) is 4.18. The van der Waals surface area contributed by atoms with E-state index in [1.807, 2.05) is 18.2 Å². The minimum absolute atomic E-state index is 0.0305. The first-order valence-corrected chi connectivity index (χ1v) is 7.76. The van der Waals surface area contributed by atoms with Crippen LogP contribution in [0.1, 0.15) is 31.5 Å². The van der Waals surface area contributed by atoms with Gasteiger partial charge in [0, 0.05) is 19.1 Å². The standard InChI is InChI=1S/C16H18N4O3/c1-22-9-8-16(6-3-7-16)14-19-13(23-20-14)10-4-2-5-11-12(10)18-15(21)17-11/h2,4-5H,3,6-9H2,1H3,(H2,17,18,21). The van der Waals surface area contributed by atoms with E-state index < -0.39 is 0 Å². The number of benzene rings is 1. The Morgan fingerprint density at radius 3 is 2.96 bits per heavy atom. The smallest absolute Gasteiger partial charge is 0.323 e. The normalized spacial score (nSPS) is 16.6. The Morgan fingerprint density at radius 1 is 1.35 bits per heavy atom. The summed E-state index contributed by atoms with van der Waals surface area (Å²) in [6, 6.07) is 5.56. The Balaban J connectivity index is 1.73. The van der Waals surface area contributed by atoms with Crippen LogP contribution in [0.4, 0.5) is 0 Å². The number of fused-ring (bicyclic) bond motifs is 1. The first-order valence-electron chi connectivity index (χ1n) is 7.76. The van der Waals surface area contributed by atoms with Crippen molar-refractivity contribution >= 4 is 11.0 Å². The molecule has 4 rings (SSSR count). The van der Waals surface area contributed by atoms with Crippen LogP contribution in [-0.2, 0) is 10.2 Å². The molecule has 2 N–H and O–H groups in total. The quantitative estimate of drug-likeness (QED) is 0.753. The van der Waals surface area contributed by atoms with Crippen molar-refractivity contribution in [2.45, 2.75) is 31.1 Å². The van der Waals surface area contributed by atoms with Gasteiger partial charge in [-0.25, -0.2) is 4.79 Å². The molecule has 2 aromatic heterocycles. The highest BCUT2D eigenvalue weighted by Gasteiger charge is 2.42. The van der Waals surface area contributed by atoms with E-state index in [-0.39, 0.29) is 11.1 Å². The number of H-pyrrole nitrogens is 2. The zero-order valence-corrected chi connectivity index (χ0v) is 12.9. The molecule has 0 radical (unpaired) electrons. The highest BCUT2D eigenvalue weighted by atomic mass is 16.5. The molecule has 0 saturated heterocycles. The Kier molecular flexibility index (Phi) is 3.30. The summed E-state index contributed by atoms with van der Waals surface area (Å²) < 4.78 is 10.7. The Bertz CT molecular complexity index is 888. The molecule has 0 aliphatic heterocycles. The molecule has 0 spiro atoms. The third-order valence-corrected chi connectivity index (χ3v) is 4.78. The van der Waals surface area contributed by atoms with E-state index in [1.54, 1.807) is 7.11 Å². The third kappa shape index (κ3) is 2.28. The fraction of sp³-hybridized carbons (Fsp3) is 0.438. The zero-order chi connectivity index (χ0) is 15.9. The number of aromatic amines is 2. The average Bonchev–Trinajstić information content (AvgIpc) is 3.11. The van der Waals surface area contributed by atoms with Gasteiger partial charge in [-0.2, -0.15) is 4.98 Å². The summed E-state index contributed by atoms with van der Waals surface area (Å²) in [4.78, 5) is 21.7. The van der Waals surface area contributed by atoms with Gasteiger partial charge in [0.05, 0.1) is 16.6 Å². The van der Waals surface area contributed by atoms with Gasteiger partial charge < -0.3 is 19.2 Å². The summed E-state index contributed by atoms with van der Waals surface area (Å²) in [5.74, 6) is 1.18. The van der Waals surface area contributed by atoms with Crippen molar-refractivity contribution in [2.24, 2.45) is 0 Å². The second kappa shape index (κ2) is 5.34. The molecule has 0 unspecified atom stereocenters. The van der Waals surface area contributed by atoms with E-state index in [0.717, 1.165) is 36.2 Å². The van der Waals surface area contributed by atoms with E-state index in [0.29, 0.717) is 18.0 Å². The Labute approximate surface area is 132 Å². The van der Waals surface area contributed by atoms with Crippen molar-refractivity contribution < 1.29 is 9.26 Å². The monoisotopic (exact) mass is 314 g/mol. The van der Waals surface area contributed by atoms with Gasteiger partial charge in [0.15, 0.2) is 5.82 Å². The fourth-order valence-electron chi connectivity index (χ4n) is 3.27. The molecule has 1 aliphatic rings. The molecule has 0 atom stereocenters. The van der Waals surface area contributed by atoms with Gasteiger partial charge >= 0.3 is 5.69 Å². The molecule has 2 heterocycles. The van der Waals surface area contributed by atoms with Crippen LogP contribution in [0.5, 0.6) is 0 Å². The van der Waals surface area contributed by atoms with E-state index >= 15 is 0 Å². The van der Waals surface area contributed by atoms with Crippen LogP contribution in [0.25, 0.3) is 22.5 Å². The van der Waals surface area contributed by atoms with Crippen molar-refractivity contribution in [2.75, 3.05) is 13.7 Å². The van der Waals surface area contributed by atoms with Crippen LogP contribution in [0.3, 0.4) is 0 Å². The minimum Gasteiger partial charge on any atom is -0.385 e. The summed E-state index contributed by atoms with van der Waals surface area (Å²) in [5, 5.41) is 4.21. The van der Waals surface area contributed by atoms with Gasteiger partial charge in [-0.05, 0) is 31.4 Å². The van der Waals surface area contributed by atoms with Crippen LogP contribution in [0.2, 0.25) is 0 Å². The minimum atomic E-state index is -0.247. The van der Waals surface area contributed by atoms with Gasteiger partial charge in [-0.15, -0.1) is 0 Å². The molecule has 7 heteroatoms. The van der Waals surface area contributed by atoms with Crippen molar-refractivity contribution in [1.82, 2.24) is 20.1 Å². The van der Waals surface area contributed by atoms with Gasteiger partial charge in [0.1, 0.15) is 0 Å². The summed E-state index contributed by atoms with van der Waals surface area (Å²) in [5.41, 5.74) is 1.87. The average molecular weight is 314 g/mol. The highest BCUT2D eigenvalue weighted by molar-refractivity contribution is 5.89. The van der Waals surface area contributed by atoms with Crippen molar-refractivity contribution in [1.29, 1.82) is 0 Å². The number of hydrogen-bond acceptors (Lipinski definition) is 5. The van der Waals surface area contributed by atoms with Crippen LogP contribution in [-0.4, -0.2) is 33.8 Å². The van der Waals surface area contributed by atoms with Gasteiger partial charge in [0.25, 0.3) is 5.89 Å². The molecule has 0 amide bonds. The topological polar surface area (TPSA) is 96.8 Å². The van der Waals surface area contributed by atoms with Crippen LogP contribution in [0.15, 0.2) is 27.5 Å². The summed E-state index contributed by atoms with van der Waals surface area (Å²) in [6.45, 7) is 0.685. The number of rotatable bonds is 5. The maximum Gasteiger partial charge on any atom is 0.323 e. The number of nitrogens with zero attached hydrogens (tertiary/aromatic N) is 2. The summed E-state index contributed by atoms with van der Waals surface area (Å²) in [7, 11) is 1.71. The number of nitrogens with one attached hydrogen (secondary N) is 2. The van der Waals surface area contributed by atoms with E-state index in [2.05, 4.69) is 20.1 Å². The highest BCUT2D eigenvalue weighted by Crippen LogP contribution is 2.45. The maximum atomic E-state index is 11.5. The van der Waals surface area contributed by atoms with Crippen LogP contribution in [0, 0.1) is 0 Å². The Hall–Kier alpha value is -2.41. The first kappa shape index (κ1) is 14.2. The van der Waals surface area contributed by atoms with Crippen molar-refractivity contribution in [3.05, 3.63) is 34.5 Å². The second-order valence-electron chi connectivity index (χ2n) is 6.11. The molecule has 3 aromatic rings. The molecule has 23 heavy (non-hydrogen) atoms. The number of imidazole rings is 1. The largest absolute Gasteiger partial charge is 0.385 e. The lowest BCUT2D eigenvalue weighted by molar-refractivity contribution is 0.122. The molecule has 120 valence electrons. The maximum absolute atomic E-state index is 11.5. The molecule has 1 aromatic carbocycles. The fourth-order valence-corrected chi connectivity index (χ4v) is 3.27. The van der Waals surface area contributed by atoms with E-state index in [1.165, 1.54) is 6.42 Å². The number of aromatic nitrogens is 4. The molecular formula is C16H18N4O3. The molecule has 0 bridgehead atoms. The first-order chi connectivity index (χ1) is 11.2. The molecule has 1 aliphatic carbocycles.